The summed E-state index contributed by atoms with van der Waals surface area (Å²) in [5, 5.41) is 9.22. The fourth-order valence-electron chi connectivity index (χ4n) is 2.94. The van der Waals surface area contributed by atoms with Crippen molar-refractivity contribution >= 4 is 54.7 Å². The molecule has 30 heavy (non-hydrogen) atoms. The normalized spacial score (nSPS) is 10.8. The van der Waals surface area contributed by atoms with Gasteiger partial charge in [-0.15, -0.1) is 11.3 Å². The molecule has 2 heterocycles. The predicted molar refractivity (Wildman–Crippen MR) is 122 cm³/mol. The molecule has 7 nitrogen and oxygen atoms in total. The number of thiazole rings is 2. The number of nitrogens with zero attached hydrogens (tertiary/aromatic N) is 2. The summed E-state index contributed by atoms with van der Waals surface area (Å²) in [5.41, 5.74) is 3.43. The lowest BCUT2D eigenvalue weighted by Crippen LogP contribution is -2.14. The number of aryl methyl sites for hydroxylation is 1. The van der Waals surface area contributed by atoms with Crippen molar-refractivity contribution < 1.29 is 14.3 Å². The number of para-hydroxylation sites is 1. The van der Waals surface area contributed by atoms with Gasteiger partial charge in [0.1, 0.15) is 11.5 Å². The molecule has 0 bridgehead atoms. The lowest BCUT2D eigenvalue weighted by atomic mass is 10.2. The van der Waals surface area contributed by atoms with Gasteiger partial charge in [-0.25, -0.2) is 9.97 Å². The Kier molecular flexibility index (Phi) is 5.82. The van der Waals surface area contributed by atoms with Crippen molar-refractivity contribution in [1.29, 1.82) is 0 Å². The van der Waals surface area contributed by atoms with Crippen molar-refractivity contribution in [2.45, 2.75) is 13.3 Å². The number of fused-ring (bicyclic) bond motifs is 1. The SMILES string of the molecule is COc1ccc(OC)c(Nc2nc(CC(=O)Nc3nc4c(C)cccc4s3)cs2)c1. The van der Waals surface area contributed by atoms with Crippen LogP contribution in [0.2, 0.25) is 0 Å². The Morgan fingerprint density at radius 3 is 2.73 bits per heavy atom. The summed E-state index contributed by atoms with van der Waals surface area (Å²) in [5.74, 6) is 1.24. The molecular weight excluding hydrogens is 420 g/mol. The average Bonchev–Trinajstić information content (AvgIpc) is 3.35. The van der Waals surface area contributed by atoms with Gasteiger partial charge >= 0.3 is 0 Å². The van der Waals surface area contributed by atoms with Crippen molar-refractivity contribution in [3.63, 3.8) is 0 Å². The van der Waals surface area contributed by atoms with Gasteiger partial charge < -0.3 is 20.1 Å². The van der Waals surface area contributed by atoms with E-state index in [4.69, 9.17) is 9.47 Å². The van der Waals surface area contributed by atoms with E-state index >= 15 is 0 Å². The molecule has 2 N–H and O–H groups in total. The molecule has 0 saturated carbocycles. The third kappa shape index (κ3) is 4.37. The van der Waals surface area contributed by atoms with Crippen LogP contribution in [0.15, 0.2) is 41.8 Å². The number of carbonyl (C=O) groups is 1. The minimum absolute atomic E-state index is 0.150. The molecule has 154 valence electrons. The number of aromatic nitrogens is 2. The molecule has 2 aromatic carbocycles. The zero-order valence-corrected chi connectivity index (χ0v) is 18.3. The number of hydrogen-bond donors (Lipinski definition) is 2. The molecule has 2 aromatic heterocycles. The quantitative estimate of drug-likeness (QED) is 0.420. The van der Waals surface area contributed by atoms with Gasteiger partial charge in [-0.1, -0.05) is 23.5 Å². The summed E-state index contributed by atoms with van der Waals surface area (Å²) >= 11 is 2.89. The van der Waals surface area contributed by atoms with Gasteiger partial charge in [0.25, 0.3) is 0 Å². The first-order valence-electron chi connectivity index (χ1n) is 9.15. The lowest BCUT2D eigenvalue weighted by Gasteiger charge is -2.10. The second kappa shape index (κ2) is 8.68. The maximum absolute atomic E-state index is 12.5. The molecule has 0 spiro atoms. The number of carbonyl (C=O) groups excluding carboxylic acids is 1. The third-order valence-electron chi connectivity index (χ3n) is 4.41. The molecule has 0 aliphatic heterocycles. The highest BCUT2D eigenvalue weighted by molar-refractivity contribution is 7.22. The molecular formula is C21H20N4O3S2. The number of anilines is 3. The third-order valence-corrected chi connectivity index (χ3v) is 6.15. The summed E-state index contributed by atoms with van der Waals surface area (Å²) < 4.78 is 11.7. The standard InChI is InChI=1S/C21H20N4O3S2/c1-12-5-4-6-17-19(12)25-21(30-17)24-18(26)9-13-11-29-20(22-13)23-15-10-14(27-2)7-8-16(15)28-3/h4-8,10-11H,9H2,1-3H3,(H,22,23)(H,24,25,26). The Labute approximate surface area is 181 Å². The van der Waals surface area contributed by atoms with Crippen molar-refractivity contribution in [3.05, 3.63) is 53.0 Å². The Morgan fingerprint density at radius 2 is 1.97 bits per heavy atom. The molecule has 0 fully saturated rings. The molecule has 1 amide bonds. The first kappa shape index (κ1) is 20.1. The zero-order valence-electron chi connectivity index (χ0n) is 16.7. The van der Waals surface area contributed by atoms with Gasteiger partial charge in [0, 0.05) is 11.4 Å². The van der Waals surface area contributed by atoms with Crippen LogP contribution in [0, 0.1) is 6.92 Å². The molecule has 0 atom stereocenters. The van der Waals surface area contributed by atoms with E-state index in [0.717, 1.165) is 21.5 Å². The second-order valence-electron chi connectivity index (χ2n) is 6.50. The largest absolute Gasteiger partial charge is 0.497 e. The fraction of sp³-hybridized carbons (Fsp3) is 0.190. The Hall–Kier alpha value is -3.17. The van der Waals surface area contributed by atoms with Crippen molar-refractivity contribution in [3.8, 4) is 11.5 Å². The smallest absolute Gasteiger partial charge is 0.232 e. The molecule has 0 unspecified atom stereocenters. The van der Waals surface area contributed by atoms with Crippen LogP contribution in [0.5, 0.6) is 11.5 Å². The monoisotopic (exact) mass is 440 g/mol. The van der Waals surface area contributed by atoms with E-state index in [1.54, 1.807) is 14.2 Å². The highest BCUT2D eigenvalue weighted by Crippen LogP contribution is 2.33. The van der Waals surface area contributed by atoms with Crippen molar-refractivity contribution in [2.24, 2.45) is 0 Å². The summed E-state index contributed by atoms with van der Waals surface area (Å²) in [4.78, 5) is 21.5. The summed E-state index contributed by atoms with van der Waals surface area (Å²) in [6, 6.07) is 11.5. The fourth-order valence-corrected chi connectivity index (χ4v) is 4.62. The topological polar surface area (TPSA) is 85.4 Å². The number of nitrogens with one attached hydrogen (secondary N) is 2. The van der Waals surface area contributed by atoms with Gasteiger partial charge in [-0.3, -0.25) is 4.79 Å². The molecule has 0 radical (unpaired) electrons. The average molecular weight is 441 g/mol. The van der Waals surface area contributed by atoms with Crippen LogP contribution >= 0.6 is 22.7 Å². The second-order valence-corrected chi connectivity index (χ2v) is 8.39. The van der Waals surface area contributed by atoms with E-state index < -0.39 is 0 Å². The van der Waals surface area contributed by atoms with Gasteiger partial charge in [0.2, 0.25) is 5.91 Å². The number of benzene rings is 2. The van der Waals surface area contributed by atoms with E-state index in [9.17, 15) is 4.79 Å². The molecule has 9 heteroatoms. The Bertz CT molecular complexity index is 1200. The van der Waals surface area contributed by atoms with Crippen LogP contribution in [-0.2, 0) is 11.2 Å². The van der Waals surface area contributed by atoms with E-state index in [0.29, 0.717) is 27.5 Å². The molecule has 4 rings (SSSR count). The van der Waals surface area contributed by atoms with E-state index in [2.05, 4.69) is 20.6 Å². The van der Waals surface area contributed by atoms with Crippen LogP contribution in [0.25, 0.3) is 10.2 Å². The van der Waals surface area contributed by atoms with Gasteiger partial charge in [-0.2, -0.15) is 0 Å². The molecule has 4 aromatic rings. The summed E-state index contributed by atoms with van der Waals surface area (Å²) in [6.07, 6.45) is 0.169. The van der Waals surface area contributed by atoms with Crippen LogP contribution in [0.3, 0.4) is 0 Å². The molecule has 0 saturated heterocycles. The summed E-state index contributed by atoms with van der Waals surface area (Å²) in [7, 11) is 3.21. The minimum atomic E-state index is -0.150. The van der Waals surface area contributed by atoms with Crippen LogP contribution in [-0.4, -0.2) is 30.1 Å². The van der Waals surface area contributed by atoms with Gasteiger partial charge in [0.15, 0.2) is 10.3 Å². The highest BCUT2D eigenvalue weighted by Gasteiger charge is 2.13. The maximum Gasteiger partial charge on any atom is 0.232 e. The Morgan fingerprint density at radius 1 is 1.10 bits per heavy atom. The number of hydrogen-bond acceptors (Lipinski definition) is 8. The Balaban J connectivity index is 1.43. The first-order valence-corrected chi connectivity index (χ1v) is 10.8. The van der Waals surface area contributed by atoms with Gasteiger partial charge in [0.05, 0.1) is 42.2 Å². The number of amides is 1. The first-order chi connectivity index (χ1) is 14.6. The minimum Gasteiger partial charge on any atom is -0.497 e. The van der Waals surface area contributed by atoms with Crippen molar-refractivity contribution in [2.75, 3.05) is 24.9 Å². The predicted octanol–water partition coefficient (Wildman–Crippen LogP) is 5.00. The van der Waals surface area contributed by atoms with Gasteiger partial charge in [-0.05, 0) is 30.7 Å². The van der Waals surface area contributed by atoms with Crippen molar-refractivity contribution in [1.82, 2.24) is 9.97 Å². The number of rotatable bonds is 7. The molecule has 0 aliphatic carbocycles. The zero-order chi connectivity index (χ0) is 21.1. The number of ether oxygens (including phenoxy) is 2. The maximum atomic E-state index is 12.5. The number of methoxy groups -OCH3 is 2. The van der Waals surface area contributed by atoms with E-state index in [1.807, 2.05) is 48.7 Å². The van der Waals surface area contributed by atoms with Crippen LogP contribution < -0.4 is 20.1 Å². The van der Waals surface area contributed by atoms with E-state index in [1.165, 1.54) is 22.7 Å². The molecule has 0 aliphatic rings. The van der Waals surface area contributed by atoms with Crippen LogP contribution in [0.1, 0.15) is 11.3 Å². The lowest BCUT2D eigenvalue weighted by molar-refractivity contribution is -0.115. The highest BCUT2D eigenvalue weighted by atomic mass is 32.1. The summed E-state index contributed by atoms with van der Waals surface area (Å²) in [6.45, 7) is 2.01. The van der Waals surface area contributed by atoms with Crippen LogP contribution in [0.4, 0.5) is 16.0 Å². The van der Waals surface area contributed by atoms with E-state index in [-0.39, 0.29) is 12.3 Å².